The highest BCUT2D eigenvalue weighted by molar-refractivity contribution is 5.91. The number of rotatable bonds is 7. The Labute approximate surface area is 136 Å². The molecule has 0 fully saturated rings. The minimum absolute atomic E-state index is 0.00143. The summed E-state index contributed by atoms with van der Waals surface area (Å²) in [5, 5.41) is 7.82. The van der Waals surface area contributed by atoms with Gasteiger partial charge in [-0.05, 0) is 25.0 Å². The maximum atomic E-state index is 12.5. The van der Waals surface area contributed by atoms with Gasteiger partial charge in [0.1, 0.15) is 5.75 Å². The van der Waals surface area contributed by atoms with Gasteiger partial charge in [0.25, 0.3) is 5.91 Å². The topological polar surface area (TPSA) is 86.3 Å². The van der Waals surface area contributed by atoms with Crippen LogP contribution in [-0.2, 0) is 13.0 Å². The molecule has 0 spiro atoms. The largest absolute Gasteiger partial charge is 0.496 e. The van der Waals surface area contributed by atoms with Crippen LogP contribution in [0.25, 0.3) is 0 Å². The van der Waals surface area contributed by atoms with Crippen molar-refractivity contribution in [3.05, 3.63) is 41.7 Å². The van der Waals surface area contributed by atoms with Crippen LogP contribution in [0.3, 0.4) is 0 Å². The summed E-state index contributed by atoms with van der Waals surface area (Å²) in [4.78, 5) is 14.2. The molecule has 0 bridgehead atoms. The molecule has 0 aliphatic carbocycles. The Kier molecular flexibility index (Phi) is 5.70. The Balaban J connectivity index is 2.05. The van der Waals surface area contributed by atoms with Gasteiger partial charge in [-0.1, -0.05) is 23.4 Å². The minimum Gasteiger partial charge on any atom is -0.496 e. The fourth-order valence-electron chi connectivity index (χ4n) is 2.35. The number of carbonyl (C=O) groups is 1. The SMILES string of the molecule is COc1ccccc1CC(C)N(C)C(=O)c1cn(CCN)nn1. The smallest absolute Gasteiger partial charge is 0.276 e. The van der Waals surface area contributed by atoms with E-state index in [1.54, 1.807) is 29.9 Å². The van der Waals surface area contributed by atoms with Gasteiger partial charge in [-0.15, -0.1) is 5.10 Å². The van der Waals surface area contributed by atoms with Crippen molar-refractivity contribution in [3.8, 4) is 5.75 Å². The lowest BCUT2D eigenvalue weighted by Crippen LogP contribution is -2.36. The first kappa shape index (κ1) is 17.0. The van der Waals surface area contributed by atoms with E-state index in [1.165, 1.54) is 0 Å². The summed E-state index contributed by atoms with van der Waals surface area (Å²) in [6, 6.07) is 7.81. The molecule has 23 heavy (non-hydrogen) atoms. The molecule has 0 aliphatic heterocycles. The Morgan fingerprint density at radius 2 is 2.17 bits per heavy atom. The molecular weight excluding hydrogens is 294 g/mol. The predicted octanol–water partition coefficient (Wildman–Crippen LogP) is 0.949. The molecule has 1 aromatic carbocycles. The molecule has 2 aromatic rings. The van der Waals surface area contributed by atoms with Crippen molar-refractivity contribution in [2.75, 3.05) is 20.7 Å². The van der Waals surface area contributed by atoms with Crippen molar-refractivity contribution in [1.82, 2.24) is 19.9 Å². The van der Waals surface area contributed by atoms with Crippen molar-refractivity contribution in [2.24, 2.45) is 5.73 Å². The predicted molar refractivity (Wildman–Crippen MR) is 87.3 cm³/mol. The molecule has 1 heterocycles. The third-order valence-electron chi connectivity index (χ3n) is 3.81. The van der Waals surface area contributed by atoms with E-state index in [9.17, 15) is 4.79 Å². The molecule has 1 aromatic heterocycles. The van der Waals surface area contributed by atoms with Gasteiger partial charge in [0.05, 0.1) is 19.9 Å². The highest BCUT2D eigenvalue weighted by Crippen LogP contribution is 2.20. The zero-order chi connectivity index (χ0) is 16.8. The van der Waals surface area contributed by atoms with E-state index < -0.39 is 0 Å². The van der Waals surface area contributed by atoms with Crippen LogP contribution in [0.1, 0.15) is 23.0 Å². The van der Waals surface area contributed by atoms with Gasteiger partial charge in [-0.25, -0.2) is 0 Å². The molecule has 7 nitrogen and oxygen atoms in total. The molecule has 0 saturated heterocycles. The van der Waals surface area contributed by atoms with Crippen molar-refractivity contribution < 1.29 is 9.53 Å². The van der Waals surface area contributed by atoms with E-state index in [4.69, 9.17) is 10.5 Å². The Bertz CT molecular complexity index is 655. The van der Waals surface area contributed by atoms with Gasteiger partial charge in [-0.3, -0.25) is 9.48 Å². The first-order chi connectivity index (χ1) is 11.1. The normalized spacial score (nSPS) is 12.0. The third-order valence-corrected chi connectivity index (χ3v) is 3.81. The average Bonchev–Trinajstić information content (AvgIpc) is 3.03. The summed E-state index contributed by atoms with van der Waals surface area (Å²) in [5.41, 5.74) is 6.86. The number of methoxy groups -OCH3 is 1. The number of ether oxygens (including phenoxy) is 1. The second-order valence-electron chi connectivity index (χ2n) is 5.44. The third kappa shape index (κ3) is 4.07. The van der Waals surface area contributed by atoms with E-state index in [-0.39, 0.29) is 11.9 Å². The second-order valence-corrected chi connectivity index (χ2v) is 5.44. The fraction of sp³-hybridized carbons (Fsp3) is 0.438. The summed E-state index contributed by atoms with van der Waals surface area (Å²) < 4.78 is 6.94. The zero-order valence-corrected chi connectivity index (χ0v) is 13.8. The number of hydrogen-bond donors (Lipinski definition) is 1. The number of nitrogens with zero attached hydrogens (tertiary/aromatic N) is 4. The number of hydrogen-bond acceptors (Lipinski definition) is 5. The molecule has 1 unspecified atom stereocenters. The van der Waals surface area contributed by atoms with E-state index in [0.717, 1.165) is 11.3 Å². The molecule has 1 atom stereocenters. The number of aromatic nitrogens is 3. The van der Waals surface area contributed by atoms with Gasteiger partial charge in [-0.2, -0.15) is 0 Å². The Hall–Kier alpha value is -2.41. The quantitative estimate of drug-likeness (QED) is 0.821. The first-order valence-electron chi connectivity index (χ1n) is 7.56. The van der Waals surface area contributed by atoms with Gasteiger partial charge >= 0.3 is 0 Å². The molecule has 0 saturated carbocycles. The van der Waals surface area contributed by atoms with Crippen molar-refractivity contribution >= 4 is 5.91 Å². The Morgan fingerprint density at radius 1 is 1.43 bits per heavy atom. The highest BCUT2D eigenvalue weighted by atomic mass is 16.5. The van der Waals surface area contributed by atoms with E-state index in [0.29, 0.717) is 25.2 Å². The van der Waals surface area contributed by atoms with Gasteiger partial charge in [0, 0.05) is 19.6 Å². The lowest BCUT2D eigenvalue weighted by Gasteiger charge is -2.24. The van der Waals surface area contributed by atoms with Gasteiger partial charge < -0.3 is 15.4 Å². The lowest BCUT2D eigenvalue weighted by molar-refractivity contribution is 0.0737. The van der Waals surface area contributed by atoms with Crippen LogP contribution in [0.15, 0.2) is 30.5 Å². The first-order valence-corrected chi connectivity index (χ1v) is 7.56. The van der Waals surface area contributed by atoms with Crippen molar-refractivity contribution in [2.45, 2.75) is 25.9 Å². The monoisotopic (exact) mass is 317 g/mol. The number of para-hydroxylation sites is 1. The summed E-state index contributed by atoms with van der Waals surface area (Å²) in [6.07, 6.45) is 2.32. The summed E-state index contributed by atoms with van der Waals surface area (Å²) in [7, 11) is 3.42. The maximum absolute atomic E-state index is 12.5. The van der Waals surface area contributed by atoms with Crippen LogP contribution < -0.4 is 10.5 Å². The van der Waals surface area contributed by atoms with Crippen LogP contribution in [-0.4, -0.2) is 52.5 Å². The molecular formula is C16H23N5O2. The molecule has 0 radical (unpaired) electrons. The molecule has 0 aliphatic rings. The number of amides is 1. The lowest BCUT2D eigenvalue weighted by atomic mass is 10.0. The van der Waals surface area contributed by atoms with Crippen molar-refractivity contribution in [1.29, 1.82) is 0 Å². The molecule has 7 heteroatoms. The number of likely N-dealkylation sites (N-methyl/N-ethyl adjacent to an activating group) is 1. The fourth-order valence-corrected chi connectivity index (χ4v) is 2.35. The van der Waals surface area contributed by atoms with E-state index >= 15 is 0 Å². The van der Waals surface area contributed by atoms with E-state index in [1.807, 2.05) is 31.2 Å². The van der Waals surface area contributed by atoms with Crippen LogP contribution in [0, 0.1) is 0 Å². The summed E-state index contributed by atoms with van der Waals surface area (Å²) >= 11 is 0. The molecule has 1 amide bonds. The highest BCUT2D eigenvalue weighted by Gasteiger charge is 2.21. The summed E-state index contributed by atoms with van der Waals surface area (Å²) in [5.74, 6) is 0.671. The molecule has 124 valence electrons. The van der Waals surface area contributed by atoms with Crippen molar-refractivity contribution in [3.63, 3.8) is 0 Å². The maximum Gasteiger partial charge on any atom is 0.276 e. The molecule has 2 N–H and O–H groups in total. The Morgan fingerprint density at radius 3 is 2.87 bits per heavy atom. The number of carbonyl (C=O) groups excluding carboxylic acids is 1. The average molecular weight is 317 g/mol. The number of nitrogens with two attached hydrogens (primary N) is 1. The van der Waals surface area contributed by atoms with Crippen LogP contribution in [0.2, 0.25) is 0 Å². The van der Waals surface area contributed by atoms with E-state index in [2.05, 4.69) is 10.3 Å². The second kappa shape index (κ2) is 7.73. The van der Waals surface area contributed by atoms with Crippen LogP contribution >= 0.6 is 0 Å². The molecule has 2 rings (SSSR count). The van der Waals surface area contributed by atoms with Gasteiger partial charge in [0.2, 0.25) is 0 Å². The van der Waals surface area contributed by atoms with Crippen LogP contribution in [0.5, 0.6) is 5.75 Å². The standard InChI is InChI=1S/C16H23N5O2/c1-12(10-13-6-4-5-7-15(13)23-3)20(2)16(22)14-11-21(9-8-17)19-18-14/h4-7,11-12H,8-10,17H2,1-3H3. The van der Waals surface area contributed by atoms with Gasteiger partial charge in [0.15, 0.2) is 5.69 Å². The van der Waals surface area contributed by atoms with Crippen LogP contribution in [0.4, 0.5) is 0 Å². The zero-order valence-electron chi connectivity index (χ0n) is 13.8. The number of benzene rings is 1. The minimum atomic E-state index is -0.157. The summed E-state index contributed by atoms with van der Waals surface area (Å²) in [6.45, 7) is 2.99.